The highest BCUT2D eigenvalue weighted by Gasteiger charge is 2.05. The molecule has 0 fully saturated rings. The Labute approximate surface area is 131 Å². The molecule has 0 atom stereocenters. The summed E-state index contributed by atoms with van der Waals surface area (Å²) in [4.78, 5) is 16.1. The Morgan fingerprint density at radius 3 is 2.59 bits per heavy atom. The normalized spacial score (nSPS) is 10.5. The molecule has 0 saturated carbocycles. The Hall–Kier alpha value is -2.30. The van der Waals surface area contributed by atoms with Gasteiger partial charge in [-0.05, 0) is 38.0 Å². The third-order valence-electron chi connectivity index (χ3n) is 3.71. The molecular formula is C17H23N3O2. The van der Waals surface area contributed by atoms with E-state index in [0.29, 0.717) is 13.0 Å². The van der Waals surface area contributed by atoms with Crippen LogP contribution in [-0.4, -0.2) is 29.1 Å². The van der Waals surface area contributed by atoms with Crippen LogP contribution in [0.15, 0.2) is 30.5 Å². The van der Waals surface area contributed by atoms with Gasteiger partial charge in [-0.25, -0.2) is 4.98 Å². The van der Waals surface area contributed by atoms with Gasteiger partial charge in [-0.3, -0.25) is 4.79 Å². The fourth-order valence-electron chi connectivity index (χ4n) is 2.37. The number of amides is 1. The van der Waals surface area contributed by atoms with Crippen molar-refractivity contribution in [1.82, 2.24) is 14.9 Å². The van der Waals surface area contributed by atoms with Gasteiger partial charge in [0.05, 0.1) is 7.11 Å². The van der Waals surface area contributed by atoms with Gasteiger partial charge in [-0.1, -0.05) is 12.1 Å². The van der Waals surface area contributed by atoms with Crippen LogP contribution in [0, 0.1) is 13.8 Å². The van der Waals surface area contributed by atoms with Crippen LogP contribution in [0.1, 0.15) is 23.5 Å². The van der Waals surface area contributed by atoms with E-state index in [1.54, 1.807) is 7.11 Å². The number of benzene rings is 1. The summed E-state index contributed by atoms with van der Waals surface area (Å²) in [6, 6.07) is 7.81. The second-order valence-corrected chi connectivity index (χ2v) is 5.30. The summed E-state index contributed by atoms with van der Waals surface area (Å²) in [5, 5.41) is 2.96. The maximum absolute atomic E-state index is 11.9. The second-order valence-electron chi connectivity index (χ2n) is 5.30. The van der Waals surface area contributed by atoms with Crippen molar-refractivity contribution in [3.05, 3.63) is 47.5 Å². The molecule has 5 heteroatoms. The predicted molar refractivity (Wildman–Crippen MR) is 86.0 cm³/mol. The molecule has 1 heterocycles. The fraction of sp³-hybridized carbons (Fsp3) is 0.412. The summed E-state index contributed by atoms with van der Waals surface area (Å²) in [7, 11) is 1.64. The first kappa shape index (κ1) is 16.1. The topological polar surface area (TPSA) is 56.1 Å². The number of nitrogens with one attached hydrogen (secondary N) is 1. The number of imidazole rings is 1. The van der Waals surface area contributed by atoms with Crippen LogP contribution in [0.5, 0.6) is 5.75 Å². The maximum Gasteiger partial charge on any atom is 0.220 e. The molecule has 5 nitrogen and oxygen atoms in total. The smallest absolute Gasteiger partial charge is 0.220 e. The molecule has 0 radical (unpaired) electrons. The Morgan fingerprint density at radius 1 is 1.27 bits per heavy atom. The lowest BCUT2D eigenvalue weighted by atomic mass is 10.1. The van der Waals surface area contributed by atoms with Gasteiger partial charge in [0.1, 0.15) is 11.6 Å². The summed E-state index contributed by atoms with van der Waals surface area (Å²) >= 11 is 0. The van der Waals surface area contributed by atoms with E-state index in [4.69, 9.17) is 4.74 Å². The SMILES string of the molecule is COc1ccc(CCC(=O)NCCn2c(C)cnc2C)cc1. The summed E-state index contributed by atoms with van der Waals surface area (Å²) in [5.74, 6) is 1.88. The van der Waals surface area contributed by atoms with E-state index in [0.717, 1.165) is 35.8 Å². The van der Waals surface area contributed by atoms with Crippen molar-refractivity contribution in [2.75, 3.05) is 13.7 Å². The number of methoxy groups -OCH3 is 1. The highest BCUT2D eigenvalue weighted by Crippen LogP contribution is 2.12. The fourth-order valence-corrected chi connectivity index (χ4v) is 2.37. The van der Waals surface area contributed by atoms with Crippen LogP contribution in [0.25, 0.3) is 0 Å². The number of nitrogens with zero attached hydrogens (tertiary/aromatic N) is 2. The van der Waals surface area contributed by atoms with E-state index in [2.05, 4.69) is 14.9 Å². The minimum absolute atomic E-state index is 0.0752. The number of rotatable bonds is 7. The zero-order valence-corrected chi connectivity index (χ0v) is 13.4. The van der Waals surface area contributed by atoms with E-state index < -0.39 is 0 Å². The first-order valence-corrected chi connectivity index (χ1v) is 7.48. The Balaban J connectivity index is 1.71. The minimum atomic E-state index is 0.0752. The third-order valence-corrected chi connectivity index (χ3v) is 3.71. The van der Waals surface area contributed by atoms with Crippen LogP contribution in [-0.2, 0) is 17.8 Å². The molecule has 118 valence electrons. The van der Waals surface area contributed by atoms with Gasteiger partial charge in [-0.15, -0.1) is 0 Å². The first-order valence-electron chi connectivity index (χ1n) is 7.48. The third kappa shape index (κ3) is 4.35. The molecule has 0 aliphatic heterocycles. The monoisotopic (exact) mass is 301 g/mol. The highest BCUT2D eigenvalue weighted by molar-refractivity contribution is 5.76. The molecule has 22 heavy (non-hydrogen) atoms. The summed E-state index contributed by atoms with van der Waals surface area (Å²) in [6.45, 7) is 5.37. The Morgan fingerprint density at radius 2 is 2.00 bits per heavy atom. The van der Waals surface area contributed by atoms with Gasteiger partial charge in [-0.2, -0.15) is 0 Å². The van der Waals surface area contributed by atoms with Crippen LogP contribution in [0.2, 0.25) is 0 Å². The first-order chi connectivity index (χ1) is 10.6. The van der Waals surface area contributed by atoms with E-state index in [1.165, 1.54) is 0 Å². The maximum atomic E-state index is 11.9. The number of ether oxygens (including phenoxy) is 1. The summed E-state index contributed by atoms with van der Waals surface area (Å²) < 4.78 is 7.22. The van der Waals surface area contributed by atoms with E-state index in [-0.39, 0.29) is 5.91 Å². The predicted octanol–water partition coefficient (Wildman–Crippen LogP) is 2.26. The molecule has 0 aliphatic carbocycles. The van der Waals surface area contributed by atoms with Crippen LogP contribution in [0.4, 0.5) is 0 Å². The molecule has 0 unspecified atom stereocenters. The van der Waals surface area contributed by atoms with Gasteiger partial charge >= 0.3 is 0 Å². The van der Waals surface area contributed by atoms with E-state index >= 15 is 0 Å². The molecular weight excluding hydrogens is 278 g/mol. The molecule has 0 spiro atoms. The lowest BCUT2D eigenvalue weighted by Crippen LogP contribution is -2.27. The number of hydrogen-bond donors (Lipinski definition) is 1. The van der Waals surface area contributed by atoms with Crippen molar-refractivity contribution in [2.45, 2.75) is 33.2 Å². The van der Waals surface area contributed by atoms with Gasteiger partial charge in [0.25, 0.3) is 0 Å². The average molecular weight is 301 g/mol. The van der Waals surface area contributed by atoms with Crippen LogP contribution < -0.4 is 10.1 Å². The minimum Gasteiger partial charge on any atom is -0.497 e. The molecule has 0 bridgehead atoms. The molecule has 1 aromatic carbocycles. The molecule has 1 N–H and O–H groups in total. The molecule has 1 aromatic heterocycles. The van der Waals surface area contributed by atoms with Gasteiger partial charge in [0.15, 0.2) is 0 Å². The van der Waals surface area contributed by atoms with Gasteiger partial charge in [0.2, 0.25) is 5.91 Å². The molecule has 2 rings (SSSR count). The van der Waals surface area contributed by atoms with Crippen molar-refractivity contribution in [3.63, 3.8) is 0 Å². The zero-order valence-electron chi connectivity index (χ0n) is 13.4. The Bertz CT molecular complexity index is 598. The largest absolute Gasteiger partial charge is 0.497 e. The number of aryl methyl sites for hydroxylation is 3. The molecule has 0 saturated heterocycles. The molecule has 2 aromatic rings. The molecule has 1 amide bonds. The summed E-state index contributed by atoms with van der Waals surface area (Å²) in [6.07, 6.45) is 3.08. The standard InChI is InChI=1S/C17H23N3O2/c1-13-12-19-14(2)20(13)11-10-18-17(21)9-6-15-4-7-16(22-3)8-5-15/h4-5,7-8,12H,6,9-11H2,1-3H3,(H,18,21). The van der Waals surface area contributed by atoms with Crippen LogP contribution in [0.3, 0.4) is 0 Å². The number of hydrogen-bond acceptors (Lipinski definition) is 3. The van der Waals surface area contributed by atoms with Crippen molar-refractivity contribution < 1.29 is 9.53 Å². The highest BCUT2D eigenvalue weighted by atomic mass is 16.5. The lowest BCUT2D eigenvalue weighted by Gasteiger charge is -2.09. The number of carbonyl (C=O) groups excluding carboxylic acids is 1. The number of aromatic nitrogens is 2. The van der Waals surface area contributed by atoms with Gasteiger partial charge in [0, 0.05) is 31.4 Å². The average Bonchev–Trinajstić information content (AvgIpc) is 2.85. The van der Waals surface area contributed by atoms with Crippen molar-refractivity contribution >= 4 is 5.91 Å². The van der Waals surface area contributed by atoms with Gasteiger partial charge < -0.3 is 14.6 Å². The second kappa shape index (κ2) is 7.64. The molecule has 0 aliphatic rings. The van der Waals surface area contributed by atoms with Crippen molar-refractivity contribution in [3.8, 4) is 5.75 Å². The van der Waals surface area contributed by atoms with Crippen LogP contribution >= 0.6 is 0 Å². The van der Waals surface area contributed by atoms with E-state index in [9.17, 15) is 4.79 Å². The van der Waals surface area contributed by atoms with E-state index in [1.807, 2.05) is 44.3 Å². The van der Waals surface area contributed by atoms with Crippen molar-refractivity contribution in [1.29, 1.82) is 0 Å². The summed E-state index contributed by atoms with van der Waals surface area (Å²) in [5.41, 5.74) is 2.25. The Kier molecular flexibility index (Phi) is 5.58. The quantitative estimate of drug-likeness (QED) is 0.853. The lowest BCUT2D eigenvalue weighted by molar-refractivity contribution is -0.121. The number of carbonyl (C=O) groups is 1. The zero-order chi connectivity index (χ0) is 15.9. The van der Waals surface area contributed by atoms with Crippen molar-refractivity contribution in [2.24, 2.45) is 0 Å².